The molecule has 0 bridgehead atoms. The topological polar surface area (TPSA) is 78.5 Å². The van der Waals surface area contributed by atoms with Crippen LogP contribution in [0.15, 0.2) is 17.5 Å². The minimum atomic E-state index is -0.821. The number of nitrogens with one attached hydrogen (secondary N) is 2. The zero-order valence-electron chi connectivity index (χ0n) is 16.5. The maximum Gasteiger partial charge on any atom is 0.325 e. The monoisotopic (exact) mass is 391 g/mol. The number of nitrogens with zero attached hydrogens (tertiary/aromatic N) is 1. The van der Waals surface area contributed by atoms with Crippen LogP contribution in [0, 0.1) is 11.3 Å². The summed E-state index contributed by atoms with van der Waals surface area (Å²) < 4.78 is 0. The second kappa shape index (κ2) is 7.26. The minimum absolute atomic E-state index is 0.144. The van der Waals surface area contributed by atoms with Crippen molar-refractivity contribution in [1.82, 2.24) is 15.5 Å². The Morgan fingerprint density at radius 2 is 2.04 bits per heavy atom. The molecule has 3 rings (SSSR count). The van der Waals surface area contributed by atoms with E-state index < -0.39 is 11.6 Å². The Labute approximate surface area is 164 Å². The number of amides is 4. The SMILES string of the molecule is CC(NC(=O)CN1C(=O)NC2(CCC(C(C)(C)C)CC2)C1=O)c1cccs1. The number of carbonyl (C=O) groups excluding carboxylic acids is 3. The summed E-state index contributed by atoms with van der Waals surface area (Å²) in [6.45, 7) is 8.32. The molecule has 148 valence electrons. The highest BCUT2D eigenvalue weighted by Crippen LogP contribution is 2.43. The van der Waals surface area contributed by atoms with E-state index in [1.54, 1.807) is 11.3 Å². The predicted molar refractivity (Wildman–Crippen MR) is 105 cm³/mol. The van der Waals surface area contributed by atoms with E-state index in [0.29, 0.717) is 18.8 Å². The molecule has 0 aromatic carbocycles. The first-order valence-electron chi connectivity index (χ1n) is 9.59. The molecular formula is C20H29N3O3S. The Balaban J connectivity index is 1.60. The maximum atomic E-state index is 13.0. The van der Waals surface area contributed by atoms with Crippen LogP contribution in [0.2, 0.25) is 0 Å². The van der Waals surface area contributed by atoms with Crippen LogP contribution in [0.4, 0.5) is 4.79 Å². The first-order chi connectivity index (χ1) is 12.6. The number of carbonyl (C=O) groups is 3. The Kier molecular flexibility index (Phi) is 5.34. The summed E-state index contributed by atoms with van der Waals surface area (Å²) in [6.07, 6.45) is 3.10. The number of rotatable bonds is 4. The number of hydrogen-bond donors (Lipinski definition) is 2. The average molecular weight is 392 g/mol. The lowest BCUT2D eigenvalue weighted by Gasteiger charge is -2.40. The Morgan fingerprint density at radius 3 is 2.59 bits per heavy atom. The third-order valence-electron chi connectivity index (χ3n) is 5.96. The normalized spacial score (nSPS) is 27.0. The molecule has 1 aromatic rings. The molecule has 4 amide bonds. The van der Waals surface area contributed by atoms with Crippen molar-refractivity contribution in [3.05, 3.63) is 22.4 Å². The second-order valence-corrected chi connectivity index (χ2v) is 9.83. The number of urea groups is 1. The predicted octanol–water partition coefficient (Wildman–Crippen LogP) is 3.45. The highest BCUT2D eigenvalue weighted by atomic mass is 32.1. The summed E-state index contributed by atoms with van der Waals surface area (Å²) >= 11 is 1.56. The summed E-state index contributed by atoms with van der Waals surface area (Å²) in [5, 5.41) is 7.70. The van der Waals surface area contributed by atoms with Gasteiger partial charge in [0.15, 0.2) is 0 Å². The average Bonchev–Trinajstić information content (AvgIpc) is 3.19. The van der Waals surface area contributed by atoms with E-state index in [-0.39, 0.29) is 29.8 Å². The molecule has 1 saturated carbocycles. The Morgan fingerprint density at radius 1 is 1.37 bits per heavy atom. The van der Waals surface area contributed by atoms with Crippen LogP contribution in [-0.2, 0) is 9.59 Å². The fraction of sp³-hybridized carbons (Fsp3) is 0.650. The molecule has 27 heavy (non-hydrogen) atoms. The molecule has 1 aliphatic heterocycles. The van der Waals surface area contributed by atoms with E-state index in [1.165, 1.54) is 0 Å². The summed E-state index contributed by atoms with van der Waals surface area (Å²) in [6, 6.07) is 3.28. The van der Waals surface area contributed by atoms with Gasteiger partial charge in [0, 0.05) is 4.88 Å². The van der Waals surface area contributed by atoms with Gasteiger partial charge < -0.3 is 10.6 Å². The molecule has 1 saturated heterocycles. The van der Waals surface area contributed by atoms with Gasteiger partial charge in [-0.2, -0.15) is 0 Å². The van der Waals surface area contributed by atoms with E-state index in [2.05, 4.69) is 31.4 Å². The van der Waals surface area contributed by atoms with Crippen LogP contribution >= 0.6 is 11.3 Å². The molecule has 7 heteroatoms. The molecule has 1 atom stereocenters. The quantitative estimate of drug-likeness (QED) is 0.772. The first-order valence-corrected chi connectivity index (χ1v) is 10.5. The smallest absolute Gasteiger partial charge is 0.325 e. The standard InChI is InChI=1S/C20H29N3O3S/c1-13(15-6-5-11-27-15)21-16(24)12-23-17(25)20(22-18(23)26)9-7-14(8-10-20)19(2,3)4/h5-6,11,13-14H,7-10,12H2,1-4H3,(H,21,24)(H,22,26). The van der Waals surface area contributed by atoms with Crippen molar-refractivity contribution in [1.29, 1.82) is 0 Å². The molecule has 2 fully saturated rings. The maximum absolute atomic E-state index is 13.0. The van der Waals surface area contributed by atoms with Crippen LogP contribution < -0.4 is 10.6 Å². The van der Waals surface area contributed by atoms with Gasteiger partial charge in [-0.05, 0) is 55.4 Å². The van der Waals surface area contributed by atoms with Crippen molar-refractivity contribution in [2.75, 3.05) is 6.54 Å². The van der Waals surface area contributed by atoms with Crippen LogP contribution in [-0.4, -0.2) is 34.8 Å². The lowest BCUT2D eigenvalue weighted by Crippen LogP contribution is -2.51. The fourth-order valence-electron chi connectivity index (χ4n) is 4.17. The molecule has 1 aliphatic carbocycles. The Bertz CT molecular complexity index is 715. The van der Waals surface area contributed by atoms with Crippen LogP contribution in [0.5, 0.6) is 0 Å². The fourth-order valence-corrected chi connectivity index (χ4v) is 4.91. The molecule has 1 aromatic heterocycles. The third-order valence-corrected chi connectivity index (χ3v) is 7.01. The lowest BCUT2D eigenvalue weighted by molar-refractivity contribution is -0.136. The van der Waals surface area contributed by atoms with Crippen molar-refractivity contribution in [3.8, 4) is 0 Å². The molecule has 6 nitrogen and oxygen atoms in total. The van der Waals surface area contributed by atoms with E-state index in [4.69, 9.17) is 0 Å². The van der Waals surface area contributed by atoms with Gasteiger partial charge in [0.2, 0.25) is 5.91 Å². The van der Waals surface area contributed by atoms with Gasteiger partial charge >= 0.3 is 6.03 Å². The van der Waals surface area contributed by atoms with Crippen LogP contribution in [0.1, 0.15) is 64.3 Å². The summed E-state index contributed by atoms with van der Waals surface area (Å²) in [4.78, 5) is 39.9. The van der Waals surface area contributed by atoms with Gasteiger partial charge in [-0.25, -0.2) is 4.79 Å². The van der Waals surface area contributed by atoms with Gasteiger partial charge in [0.25, 0.3) is 5.91 Å². The zero-order valence-corrected chi connectivity index (χ0v) is 17.3. The lowest BCUT2D eigenvalue weighted by atomic mass is 9.67. The van der Waals surface area contributed by atoms with E-state index in [9.17, 15) is 14.4 Å². The van der Waals surface area contributed by atoms with Crippen molar-refractivity contribution in [3.63, 3.8) is 0 Å². The molecular weight excluding hydrogens is 362 g/mol. The summed E-state index contributed by atoms with van der Waals surface area (Å²) in [7, 11) is 0. The highest BCUT2D eigenvalue weighted by Gasteiger charge is 2.53. The van der Waals surface area contributed by atoms with Gasteiger partial charge in [-0.3, -0.25) is 14.5 Å². The molecule has 1 unspecified atom stereocenters. The van der Waals surface area contributed by atoms with Gasteiger partial charge in [0.1, 0.15) is 12.1 Å². The van der Waals surface area contributed by atoms with E-state index in [1.807, 2.05) is 24.4 Å². The van der Waals surface area contributed by atoms with E-state index >= 15 is 0 Å². The minimum Gasteiger partial charge on any atom is -0.347 e. The van der Waals surface area contributed by atoms with Crippen molar-refractivity contribution in [2.45, 2.75) is 65.0 Å². The van der Waals surface area contributed by atoms with Crippen LogP contribution in [0.25, 0.3) is 0 Å². The molecule has 2 aliphatic rings. The van der Waals surface area contributed by atoms with Crippen molar-refractivity contribution in [2.24, 2.45) is 11.3 Å². The zero-order chi connectivity index (χ0) is 19.8. The van der Waals surface area contributed by atoms with Gasteiger partial charge in [-0.1, -0.05) is 26.8 Å². The van der Waals surface area contributed by atoms with Crippen LogP contribution in [0.3, 0.4) is 0 Å². The number of imide groups is 1. The second-order valence-electron chi connectivity index (χ2n) is 8.85. The molecule has 1 spiro atoms. The third kappa shape index (κ3) is 4.03. The summed E-state index contributed by atoms with van der Waals surface area (Å²) in [5.74, 6) is -0.0320. The molecule has 2 heterocycles. The first kappa shape index (κ1) is 19.9. The largest absolute Gasteiger partial charge is 0.347 e. The number of hydrogen-bond acceptors (Lipinski definition) is 4. The van der Waals surface area contributed by atoms with Crippen molar-refractivity contribution < 1.29 is 14.4 Å². The summed E-state index contributed by atoms with van der Waals surface area (Å²) in [5.41, 5.74) is -0.622. The molecule has 0 radical (unpaired) electrons. The van der Waals surface area contributed by atoms with Gasteiger partial charge in [0.05, 0.1) is 6.04 Å². The van der Waals surface area contributed by atoms with E-state index in [0.717, 1.165) is 22.6 Å². The highest BCUT2D eigenvalue weighted by molar-refractivity contribution is 7.10. The van der Waals surface area contributed by atoms with Gasteiger partial charge in [-0.15, -0.1) is 11.3 Å². The Hall–Kier alpha value is -1.89. The number of thiophene rings is 1. The van der Waals surface area contributed by atoms with Crippen molar-refractivity contribution >= 4 is 29.2 Å². The molecule has 2 N–H and O–H groups in total.